The number of methoxy groups -OCH3 is 1. The Balaban J connectivity index is 1.61. The van der Waals surface area contributed by atoms with Crippen LogP contribution in [0.15, 0.2) is 70.3 Å². The number of esters is 1. The maximum atomic E-state index is 13.4. The van der Waals surface area contributed by atoms with Crippen LogP contribution in [0.1, 0.15) is 18.2 Å². The van der Waals surface area contributed by atoms with Crippen molar-refractivity contribution in [2.24, 2.45) is 5.92 Å². The molecule has 15 heteroatoms. The topological polar surface area (TPSA) is 130 Å². The van der Waals surface area contributed by atoms with Crippen LogP contribution >= 0.6 is 11.6 Å². The van der Waals surface area contributed by atoms with E-state index < -0.39 is 35.1 Å². The summed E-state index contributed by atoms with van der Waals surface area (Å²) in [4.78, 5) is 42.2. The molecule has 0 amide bonds. The van der Waals surface area contributed by atoms with Crippen molar-refractivity contribution in [3.8, 4) is 11.6 Å². The van der Waals surface area contributed by atoms with Crippen LogP contribution in [-0.4, -0.2) is 37.4 Å². The number of anilines is 2. The molecule has 0 aliphatic rings. The van der Waals surface area contributed by atoms with Crippen LogP contribution in [0, 0.1) is 5.92 Å². The zero-order valence-corrected chi connectivity index (χ0v) is 22.3. The lowest BCUT2D eigenvalue weighted by molar-refractivity contribution is -0.145. The molecule has 2 aromatic carbocycles. The van der Waals surface area contributed by atoms with Crippen LogP contribution in [0.5, 0.6) is 11.6 Å². The van der Waals surface area contributed by atoms with Crippen molar-refractivity contribution in [2.45, 2.75) is 26.2 Å². The molecule has 41 heavy (non-hydrogen) atoms. The number of ether oxygens (including phenoxy) is 2. The molecule has 214 valence electrons. The maximum absolute atomic E-state index is 13.4. The van der Waals surface area contributed by atoms with Gasteiger partial charge in [-0.2, -0.15) is 18.2 Å². The summed E-state index contributed by atoms with van der Waals surface area (Å²) >= 11 is 5.97. The maximum Gasteiger partial charge on any atom is 0.435 e. The second-order valence-corrected chi connectivity index (χ2v) is 9.19. The fraction of sp³-hybridized carbons (Fsp3) is 0.231. The van der Waals surface area contributed by atoms with Gasteiger partial charge in [0.25, 0.3) is 0 Å². The van der Waals surface area contributed by atoms with Gasteiger partial charge in [-0.1, -0.05) is 30.7 Å². The number of alkyl halides is 3. The highest BCUT2D eigenvalue weighted by Crippen LogP contribution is 2.28. The normalized spacial score (nSPS) is 12.0. The average molecular weight is 591 g/mol. The van der Waals surface area contributed by atoms with Crippen LogP contribution in [0.2, 0.25) is 5.02 Å². The van der Waals surface area contributed by atoms with Crippen LogP contribution in [0.25, 0.3) is 0 Å². The van der Waals surface area contributed by atoms with E-state index in [1.807, 2.05) is 0 Å². The lowest BCUT2D eigenvalue weighted by Gasteiger charge is -2.17. The van der Waals surface area contributed by atoms with Crippen molar-refractivity contribution in [2.75, 3.05) is 12.4 Å². The molecule has 0 spiro atoms. The molecule has 0 saturated heterocycles. The molecule has 4 rings (SSSR count). The summed E-state index contributed by atoms with van der Waals surface area (Å²) in [5.41, 5.74) is -1.63. The first-order valence-corrected chi connectivity index (χ1v) is 12.3. The van der Waals surface area contributed by atoms with E-state index in [-0.39, 0.29) is 30.7 Å². The van der Waals surface area contributed by atoms with E-state index in [4.69, 9.17) is 21.1 Å². The van der Waals surface area contributed by atoms with E-state index in [1.54, 1.807) is 24.3 Å². The van der Waals surface area contributed by atoms with Crippen molar-refractivity contribution in [1.82, 2.24) is 24.3 Å². The van der Waals surface area contributed by atoms with Crippen LogP contribution in [0.3, 0.4) is 0 Å². The molecule has 2 heterocycles. The third kappa shape index (κ3) is 7.28. The molecule has 0 aliphatic carbocycles. The minimum atomic E-state index is -4.62. The number of hydrogen-bond acceptors (Lipinski definition) is 9. The highest BCUT2D eigenvalue weighted by atomic mass is 35.5. The van der Waals surface area contributed by atoms with E-state index in [1.165, 1.54) is 42.9 Å². The summed E-state index contributed by atoms with van der Waals surface area (Å²) in [5, 5.41) is 9.96. The van der Waals surface area contributed by atoms with Gasteiger partial charge in [-0.25, -0.2) is 14.2 Å². The van der Waals surface area contributed by atoms with Crippen LogP contribution < -0.4 is 21.4 Å². The van der Waals surface area contributed by atoms with Crippen molar-refractivity contribution >= 4 is 29.2 Å². The summed E-state index contributed by atoms with van der Waals surface area (Å²) in [6.07, 6.45) is -4.62. The van der Waals surface area contributed by atoms with Gasteiger partial charge in [0.2, 0.25) is 11.8 Å². The second-order valence-electron chi connectivity index (χ2n) is 8.75. The van der Waals surface area contributed by atoms with Gasteiger partial charge < -0.3 is 14.8 Å². The zero-order valence-electron chi connectivity index (χ0n) is 21.6. The fourth-order valence-corrected chi connectivity index (χ4v) is 3.75. The molecule has 0 aliphatic heterocycles. The number of nitrogens with zero attached hydrogens (tertiary/aromatic N) is 5. The van der Waals surface area contributed by atoms with Crippen molar-refractivity contribution in [1.29, 1.82) is 0 Å². The third-order valence-corrected chi connectivity index (χ3v) is 5.98. The molecule has 0 saturated carbocycles. The first kappa shape index (κ1) is 29.3. The summed E-state index contributed by atoms with van der Waals surface area (Å²) in [5.74, 6) is -1.35. The lowest BCUT2D eigenvalue weighted by atomic mass is 10.2. The van der Waals surface area contributed by atoms with Crippen LogP contribution in [-0.2, 0) is 28.8 Å². The lowest BCUT2D eigenvalue weighted by Crippen LogP contribution is -2.44. The molecular formula is C26H22ClF3N6O5. The number of halogens is 4. The molecule has 0 bridgehead atoms. The Morgan fingerprint density at radius 1 is 1.00 bits per heavy atom. The number of carbonyl (C=O) groups excluding carboxylic acids is 1. The Morgan fingerprint density at radius 2 is 1.68 bits per heavy atom. The zero-order chi connectivity index (χ0) is 29.7. The highest BCUT2D eigenvalue weighted by Gasteiger charge is 2.33. The quantitative estimate of drug-likeness (QED) is 0.284. The molecule has 1 N–H and O–H groups in total. The number of aromatic nitrogens is 5. The Kier molecular flexibility index (Phi) is 8.71. The van der Waals surface area contributed by atoms with Gasteiger partial charge in [0, 0.05) is 23.3 Å². The number of benzene rings is 2. The Labute approximate surface area is 235 Å². The molecule has 0 fully saturated rings. The van der Waals surface area contributed by atoms with E-state index in [9.17, 15) is 27.6 Å². The average Bonchev–Trinajstić information content (AvgIpc) is 2.94. The molecule has 0 radical (unpaired) electrons. The monoisotopic (exact) mass is 590 g/mol. The van der Waals surface area contributed by atoms with E-state index in [0.717, 1.165) is 16.7 Å². The van der Waals surface area contributed by atoms with Gasteiger partial charge in [0.1, 0.15) is 5.75 Å². The van der Waals surface area contributed by atoms with Crippen molar-refractivity contribution in [3.05, 3.63) is 97.9 Å². The number of hydrogen-bond donors (Lipinski definition) is 1. The molecule has 11 nitrogen and oxygen atoms in total. The number of carbonyl (C=O) groups is 1. The Morgan fingerprint density at radius 3 is 2.27 bits per heavy atom. The molecular weight excluding hydrogens is 569 g/mol. The van der Waals surface area contributed by atoms with Gasteiger partial charge in [0.05, 0.1) is 19.6 Å². The van der Waals surface area contributed by atoms with Gasteiger partial charge in [-0.15, -0.1) is 10.2 Å². The first-order chi connectivity index (χ1) is 19.4. The largest absolute Gasteiger partial charge is 0.469 e. The highest BCUT2D eigenvalue weighted by molar-refractivity contribution is 6.30. The molecule has 1 atom stereocenters. The Bertz CT molecular complexity index is 1640. The summed E-state index contributed by atoms with van der Waals surface area (Å²) in [6, 6.07) is 14.6. The molecule has 2 aromatic heterocycles. The summed E-state index contributed by atoms with van der Waals surface area (Å²) < 4.78 is 50.3. The summed E-state index contributed by atoms with van der Waals surface area (Å²) in [6.45, 7) is 1.30. The minimum absolute atomic E-state index is 0.0198. The Hall–Kier alpha value is -4.72. The predicted octanol–water partition coefficient (Wildman–Crippen LogP) is 4.26. The standard InChI is InChI=1S/C26H22ClF3N6O5/c1-15(22(37)40-2)13-36-24(38)32-23(35(25(36)39)14-16-3-5-17(27)6-4-16)31-18-7-9-19(10-8-18)41-21-12-11-20(33-34-21)26(28,29)30/h3-12,15H,13-14H2,1-2H3,(H,31,32,38)/t15-/m0/s1. The van der Waals surface area contributed by atoms with Gasteiger partial charge in [-0.3, -0.25) is 9.36 Å². The molecule has 4 aromatic rings. The van der Waals surface area contributed by atoms with Crippen LogP contribution in [0.4, 0.5) is 24.8 Å². The minimum Gasteiger partial charge on any atom is -0.469 e. The first-order valence-electron chi connectivity index (χ1n) is 11.9. The smallest absolute Gasteiger partial charge is 0.435 e. The predicted molar refractivity (Wildman–Crippen MR) is 141 cm³/mol. The number of rotatable bonds is 9. The van der Waals surface area contributed by atoms with Gasteiger partial charge in [-0.05, 0) is 48.0 Å². The van der Waals surface area contributed by atoms with E-state index in [2.05, 4.69) is 20.5 Å². The second kappa shape index (κ2) is 12.2. The van der Waals surface area contributed by atoms with Crippen molar-refractivity contribution < 1.29 is 27.4 Å². The van der Waals surface area contributed by atoms with Crippen molar-refractivity contribution in [3.63, 3.8) is 0 Å². The van der Waals surface area contributed by atoms with Gasteiger partial charge in [0.15, 0.2) is 5.69 Å². The molecule has 0 unspecified atom stereocenters. The van der Waals surface area contributed by atoms with E-state index >= 15 is 0 Å². The third-order valence-electron chi connectivity index (χ3n) is 5.73. The SMILES string of the molecule is COC(=O)[C@@H](C)Cn1c(=O)nc(Nc2ccc(Oc3ccc(C(F)(F)F)nn3)cc2)n(Cc2ccc(Cl)cc2)c1=O. The number of nitrogens with one attached hydrogen (secondary N) is 1. The fourth-order valence-electron chi connectivity index (χ4n) is 3.63. The van der Waals surface area contributed by atoms with Gasteiger partial charge >= 0.3 is 23.5 Å². The summed E-state index contributed by atoms with van der Waals surface area (Å²) in [7, 11) is 1.21. The van der Waals surface area contributed by atoms with E-state index in [0.29, 0.717) is 16.3 Å².